The minimum absolute atomic E-state index is 0.151. The molecule has 2 aromatic heterocycles. The van der Waals surface area contributed by atoms with E-state index in [-0.39, 0.29) is 10.8 Å². The third-order valence-electron chi connectivity index (χ3n) is 18.6. The van der Waals surface area contributed by atoms with Crippen LogP contribution in [-0.2, 0) is 10.8 Å². The fourth-order valence-electron chi connectivity index (χ4n) is 13.8. The van der Waals surface area contributed by atoms with Gasteiger partial charge in [0, 0.05) is 44.2 Å². The van der Waals surface area contributed by atoms with E-state index in [1.165, 1.54) is 88.7 Å². The summed E-state index contributed by atoms with van der Waals surface area (Å²) in [6, 6.07) is 105. The molecule has 0 saturated carbocycles. The highest BCUT2D eigenvalue weighted by molar-refractivity contribution is 6.05. The second-order valence-electron chi connectivity index (χ2n) is 24.5. The lowest BCUT2D eigenvalue weighted by atomic mass is 9.82. The molecule has 0 spiro atoms. The Balaban J connectivity index is 0.729. The molecule has 2 heterocycles. The van der Waals surface area contributed by atoms with Gasteiger partial charge in [-0.15, -0.1) is 0 Å². The molecule has 12 aromatic carbocycles. The number of fused-ring (bicyclic) bond motifs is 7. The van der Waals surface area contributed by atoms with E-state index in [0.717, 1.165) is 67.3 Å². The summed E-state index contributed by atoms with van der Waals surface area (Å²) >= 11 is 0. The second-order valence-corrected chi connectivity index (χ2v) is 24.5. The molecule has 16 rings (SSSR count). The third kappa shape index (κ3) is 9.07. The average Bonchev–Trinajstić information content (AvgIpc) is 1.76. The third-order valence-corrected chi connectivity index (χ3v) is 18.6. The van der Waals surface area contributed by atoms with Crippen LogP contribution in [0.3, 0.4) is 0 Å². The number of nitrogens with zero attached hydrogens (tertiary/aromatic N) is 4. The van der Waals surface area contributed by atoms with Crippen LogP contribution >= 0.6 is 0 Å². The summed E-state index contributed by atoms with van der Waals surface area (Å²) in [5.74, 6) is 1.41. The zero-order chi connectivity index (χ0) is 59.1. The summed E-state index contributed by atoms with van der Waals surface area (Å²) in [7, 11) is 0. The van der Waals surface area contributed by atoms with E-state index in [4.69, 9.17) is 19.9 Å². The van der Waals surface area contributed by atoms with Crippen LogP contribution in [0.5, 0.6) is 0 Å². The van der Waals surface area contributed by atoms with Crippen molar-refractivity contribution in [1.29, 1.82) is 0 Å². The Kier molecular flexibility index (Phi) is 12.5. The first-order chi connectivity index (χ1) is 43.1. The molecular weight excluding hydrogens is 1060 g/mol. The molecule has 0 amide bonds. The molecule has 4 nitrogen and oxygen atoms in total. The van der Waals surface area contributed by atoms with Crippen molar-refractivity contribution in [3.63, 3.8) is 0 Å². The first-order valence-corrected chi connectivity index (χ1v) is 30.4. The van der Waals surface area contributed by atoms with E-state index < -0.39 is 0 Å². The lowest BCUT2D eigenvalue weighted by Crippen LogP contribution is -2.15. The van der Waals surface area contributed by atoms with Crippen LogP contribution in [0.15, 0.2) is 291 Å². The van der Waals surface area contributed by atoms with Crippen molar-refractivity contribution >= 4 is 10.8 Å². The molecule has 0 bridgehead atoms. The van der Waals surface area contributed by atoms with E-state index in [2.05, 4.69) is 319 Å². The smallest absolute Gasteiger partial charge is 0.160 e. The highest BCUT2D eigenvalue weighted by Crippen LogP contribution is 2.51. The highest BCUT2D eigenvalue weighted by Gasteiger charge is 2.37. The van der Waals surface area contributed by atoms with Crippen molar-refractivity contribution in [3.8, 4) is 135 Å². The van der Waals surface area contributed by atoms with Gasteiger partial charge in [-0.05, 0) is 124 Å². The fourth-order valence-corrected chi connectivity index (χ4v) is 13.8. The Bertz CT molecular complexity index is 4700. The Hall–Kier alpha value is -10.9. The molecule has 14 aromatic rings. The molecule has 0 N–H and O–H groups in total. The molecule has 0 aliphatic heterocycles. The molecule has 0 saturated heterocycles. The van der Waals surface area contributed by atoms with Gasteiger partial charge in [0.1, 0.15) is 0 Å². The van der Waals surface area contributed by atoms with Crippen LogP contribution in [0.25, 0.3) is 145 Å². The van der Waals surface area contributed by atoms with Gasteiger partial charge in [-0.1, -0.05) is 295 Å². The van der Waals surface area contributed by atoms with Gasteiger partial charge in [0.15, 0.2) is 11.6 Å². The predicted molar refractivity (Wildman–Crippen MR) is 365 cm³/mol. The van der Waals surface area contributed by atoms with Crippen LogP contribution in [0.2, 0.25) is 0 Å². The van der Waals surface area contributed by atoms with Gasteiger partial charge in [-0.2, -0.15) is 0 Å². The van der Waals surface area contributed by atoms with Gasteiger partial charge in [-0.25, -0.2) is 19.9 Å². The Morgan fingerprint density at radius 3 is 0.830 bits per heavy atom. The van der Waals surface area contributed by atoms with Gasteiger partial charge in [-0.3, -0.25) is 0 Å². The first-order valence-electron chi connectivity index (χ1n) is 30.4. The van der Waals surface area contributed by atoms with Gasteiger partial charge in [0.2, 0.25) is 0 Å². The standard InChI is InChI=1S/C84H60N4/c1-83(2)73-27-13-11-21-69(73)71-47-45-63(49-75(71)83)81-85-77(59-37-29-55(30-38-59)53-17-7-5-8-18-53)51-79(87-81)61-41-33-57(34-42-61)65-23-15-26-68-66(24-16-25-67(65)68)58-35-43-62(44-36-58)80-52-78(60-39-31-56(32-40-60)54-19-9-6-10-20-54)86-82(88-80)64-46-48-72-70-22-12-14-28-74(70)84(3,4)76(72)50-64/h5-52H,1-4H3. The Morgan fingerprint density at radius 1 is 0.193 bits per heavy atom. The van der Waals surface area contributed by atoms with Crippen LogP contribution in [0.4, 0.5) is 0 Å². The van der Waals surface area contributed by atoms with Crippen molar-refractivity contribution in [2.24, 2.45) is 0 Å². The van der Waals surface area contributed by atoms with Crippen molar-refractivity contribution in [1.82, 2.24) is 19.9 Å². The summed E-state index contributed by atoms with van der Waals surface area (Å²) in [4.78, 5) is 21.4. The van der Waals surface area contributed by atoms with E-state index in [0.29, 0.717) is 11.6 Å². The van der Waals surface area contributed by atoms with Gasteiger partial charge >= 0.3 is 0 Å². The van der Waals surface area contributed by atoms with Gasteiger partial charge in [0.05, 0.1) is 22.8 Å². The molecule has 0 fully saturated rings. The zero-order valence-electron chi connectivity index (χ0n) is 49.5. The number of aromatic nitrogens is 4. The number of hydrogen-bond donors (Lipinski definition) is 0. The van der Waals surface area contributed by atoms with E-state index in [1.807, 2.05) is 0 Å². The van der Waals surface area contributed by atoms with Crippen molar-refractivity contribution in [3.05, 3.63) is 313 Å². The Labute approximate surface area is 514 Å². The maximum Gasteiger partial charge on any atom is 0.160 e. The summed E-state index contributed by atoms with van der Waals surface area (Å²) in [5, 5.41) is 2.38. The molecular formula is C84H60N4. The summed E-state index contributed by atoms with van der Waals surface area (Å²) in [6.45, 7) is 9.29. The minimum Gasteiger partial charge on any atom is -0.228 e. The van der Waals surface area contributed by atoms with E-state index in [1.54, 1.807) is 0 Å². The summed E-state index contributed by atoms with van der Waals surface area (Å²) in [6.07, 6.45) is 0. The number of hydrogen-bond acceptors (Lipinski definition) is 4. The second kappa shape index (κ2) is 20.9. The fraction of sp³-hybridized carbons (Fsp3) is 0.0714. The van der Waals surface area contributed by atoms with Crippen molar-refractivity contribution in [2.75, 3.05) is 0 Å². The maximum atomic E-state index is 5.36. The summed E-state index contributed by atoms with van der Waals surface area (Å²) in [5.41, 5.74) is 29.1. The molecule has 0 unspecified atom stereocenters. The normalized spacial score (nSPS) is 13.2. The largest absolute Gasteiger partial charge is 0.228 e. The molecule has 0 atom stereocenters. The van der Waals surface area contributed by atoms with E-state index >= 15 is 0 Å². The SMILES string of the molecule is CC1(C)c2ccccc2-c2ccc(-c3nc(-c4ccc(-c5ccccc5)cc4)cc(-c4ccc(-c5cccc6c(-c7ccc(-c8cc(-c9ccc(-c%10ccccc%10)cc9)nc(-c9ccc%10c(c9)C(C)(C)c9ccccc9-%10)n8)cc7)cccc56)cc4)n3)cc21. The monoisotopic (exact) mass is 1120 g/mol. The average molecular weight is 1130 g/mol. The maximum absolute atomic E-state index is 5.36. The molecule has 2 aliphatic carbocycles. The predicted octanol–water partition coefficient (Wildman–Crippen LogP) is 21.7. The highest BCUT2D eigenvalue weighted by atomic mass is 14.9. The molecule has 0 radical (unpaired) electrons. The number of rotatable bonds is 10. The summed E-state index contributed by atoms with van der Waals surface area (Å²) < 4.78 is 0. The van der Waals surface area contributed by atoms with Crippen molar-refractivity contribution < 1.29 is 0 Å². The van der Waals surface area contributed by atoms with Gasteiger partial charge < -0.3 is 0 Å². The van der Waals surface area contributed by atoms with Crippen LogP contribution < -0.4 is 0 Å². The van der Waals surface area contributed by atoms with Crippen LogP contribution in [0.1, 0.15) is 49.9 Å². The van der Waals surface area contributed by atoms with E-state index in [9.17, 15) is 0 Å². The molecule has 416 valence electrons. The lowest BCUT2D eigenvalue weighted by molar-refractivity contribution is 0.660. The number of benzene rings is 12. The van der Waals surface area contributed by atoms with Crippen molar-refractivity contribution in [2.45, 2.75) is 38.5 Å². The van der Waals surface area contributed by atoms with Crippen LogP contribution in [0, 0.1) is 0 Å². The minimum atomic E-state index is -0.151. The zero-order valence-corrected chi connectivity index (χ0v) is 49.5. The molecule has 88 heavy (non-hydrogen) atoms. The quantitative estimate of drug-likeness (QED) is 0.137. The topological polar surface area (TPSA) is 51.6 Å². The first kappa shape index (κ1) is 52.6. The molecule has 4 heteroatoms. The Morgan fingerprint density at radius 2 is 0.466 bits per heavy atom. The lowest BCUT2D eigenvalue weighted by Gasteiger charge is -2.22. The molecule has 2 aliphatic rings. The van der Waals surface area contributed by atoms with Gasteiger partial charge in [0.25, 0.3) is 0 Å². The van der Waals surface area contributed by atoms with Crippen LogP contribution in [-0.4, -0.2) is 19.9 Å².